The molecule has 2 rings (SSSR count). The molecule has 0 aliphatic heterocycles. The molecule has 3 N–H and O–H groups in total. The Morgan fingerprint density at radius 1 is 1.62 bits per heavy atom. The van der Waals surface area contributed by atoms with Crippen LogP contribution in [0, 0.1) is 0 Å². The maximum Gasteiger partial charge on any atom is 0.373 e. The third-order valence-corrected chi connectivity index (χ3v) is 2.36. The molecule has 0 saturated heterocycles. The molecule has 1 aliphatic rings. The average molecular weight is 182 g/mol. The van der Waals surface area contributed by atoms with Crippen molar-refractivity contribution in [1.29, 1.82) is 0 Å². The van der Waals surface area contributed by atoms with Gasteiger partial charge in [-0.2, -0.15) is 4.98 Å². The molecule has 70 valence electrons. The maximum absolute atomic E-state index is 10.7. The number of hydrogen-bond acceptors (Lipinski definition) is 4. The van der Waals surface area contributed by atoms with Gasteiger partial charge < -0.3 is 15.3 Å². The third kappa shape index (κ3) is 1.26. The summed E-state index contributed by atoms with van der Waals surface area (Å²) in [7, 11) is 0. The van der Waals surface area contributed by atoms with Crippen molar-refractivity contribution < 1.29 is 14.3 Å². The summed E-state index contributed by atoms with van der Waals surface area (Å²) in [5, 5.41) is 8.76. The summed E-state index contributed by atoms with van der Waals surface area (Å²) in [6.07, 6.45) is 3.08. The number of rotatable bonds is 2. The normalized spacial score (nSPS) is 16.9. The van der Waals surface area contributed by atoms with Crippen LogP contribution < -0.4 is 5.73 Å². The van der Waals surface area contributed by atoms with E-state index in [0.717, 1.165) is 19.3 Å². The predicted octanol–water partition coefficient (Wildman–Crippen LogP) is 1.22. The lowest BCUT2D eigenvalue weighted by Gasteiger charge is -2.22. The van der Waals surface area contributed by atoms with Crippen LogP contribution in [0.25, 0.3) is 0 Å². The highest BCUT2D eigenvalue weighted by atomic mass is 16.4. The molecule has 5 nitrogen and oxygen atoms in total. The summed E-state index contributed by atoms with van der Waals surface area (Å²) < 4.78 is 4.80. The fourth-order valence-corrected chi connectivity index (χ4v) is 1.46. The molecule has 0 amide bonds. The average Bonchev–Trinajstić information content (AvgIpc) is 2.27. The molecular formula is C8H10N2O3. The molecule has 1 aliphatic carbocycles. The molecule has 0 atom stereocenters. The smallest absolute Gasteiger partial charge is 0.373 e. The van der Waals surface area contributed by atoms with Gasteiger partial charge in [-0.05, 0) is 12.8 Å². The maximum atomic E-state index is 10.7. The number of nitrogens with zero attached hydrogens (tertiary/aromatic N) is 1. The minimum atomic E-state index is -1.09. The Balaban J connectivity index is 2.36. The van der Waals surface area contributed by atoms with Gasteiger partial charge in [0.2, 0.25) is 5.76 Å². The zero-order valence-corrected chi connectivity index (χ0v) is 6.99. The molecule has 1 aromatic heterocycles. The Morgan fingerprint density at radius 2 is 2.31 bits per heavy atom. The van der Waals surface area contributed by atoms with Crippen LogP contribution in [0.15, 0.2) is 4.42 Å². The molecule has 0 unspecified atom stereocenters. The third-order valence-electron chi connectivity index (χ3n) is 2.36. The van der Waals surface area contributed by atoms with Crippen molar-refractivity contribution in [3.8, 4) is 0 Å². The van der Waals surface area contributed by atoms with E-state index in [0.29, 0.717) is 5.69 Å². The van der Waals surface area contributed by atoms with E-state index in [-0.39, 0.29) is 17.7 Å². The molecule has 1 aromatic rings. The topological polar surface area (TPSA) is 89.3 Å². The molecule has 1 heterocycles. The number of nitrogens with two attached hydrogens (primary N) is 1. The second kappa shape index (κ2) is 2.76. The number of aromatic carboxylic acids is 1. The Hall–Kier alpha value is -1.52. The van der Waals surface area contributed by atoms with Gasteiger partial charge in [0.15, 0.2) is 0 Å². The van der Waals surface area contributed by atoms with E-state index in [9.17, 15) is 4.79 Å². The van der Waals surface area contributed by atoms with Gasteiger partial charge in [-0.3, -0.25) is 0 Å². The number of hydrogen-bond donors (Lipinski definition) is 2. The molecule has 13 heavy (non-hydrogen) atoms. The molecule has 0 bridgehead atoms. The monoisotopic (exact) mass is 182 g/mol. The second-order valence-corrected chi connectivity index (χ2v) is 3.20. The first-order valence-corrected chi connectivity index (χ1v) is 4.18. The minimum Gasteiger partial charge on any atom is -0.475 e. The second-order valence-electron chi connectivity index (χ2n) is 3.20. The zero-order chi connectivity index (χ0) is 9.42. The highest BCUT2D eigenvalue weighted by Gasteiger charge is 2.29. The first-order chi connectivity index (χ1) is 6.18. The van der Waals surface area contributed by atoms with Crippen molar-refractivity contribution in [2.75, 3.05) is 5.73 Å². The van der Waals surface area contributed by atoms with Gasteiger partial charge in [-0.15, -0.1) is 0 Å². The number of aromatic nitrogens is 1. The predicted molar refractivity (Wildman–Crippen MR) is 44.5 cm³/mol. The molecule has 5 heteroatoms. The summed E-state index contributed by atoms with van der Waals surface area (Å²) >= 11 is 0. The van der Waals surface area contributed by atoms with E-state index >= 15 is 0 Å². The van der Waals surface area contributed by atoms with Gasteiger partial charge in [-0.1, -0.05) is 6.42 Å². The van der Waals surface area contributed by atoms with Gasteiger partial charge in [-0.25, -0.2) is 4.79 Å². The van der Waals surface area contributed by atoms with Crippen LogP contribution in [0.2, 0.25) is 0 Å². The fourth-order valence-electron chi connectivity index (χ4n) is 1.46. The number of nitrogen functional groups attached to an aromatic ring is 1. The molecule has 0 spiro atoms. The van der Waals surface area contributed by atoms with Crippen molar-refractivity contribution in [2.45, 2.75) is 25.2 Å². The van der Waals surface area contributed by atoms with Gasteiger partial charge in [0.1, 0.15) is 0 Å². The Kier molecular flexibility index (Phi) is 1.72. The van der Waals surface area contributed by atoms with Crippen molar-refractivity contribution in [3.05, 3.63) is 11.5 Å². The lowest BCUT2D eigenvalue weighted by atomic mass is 9.82. The van der Waals surface area contributed by atoms with Crippen LogP contribution in [-0.2, 0) is 0 Å². The standard InChI is InChI=1S/C8H10N2O3/c9-8-10-5(4-2-1-3-4)6(13-8)7(11)12/h4H,1-3H2,(H2,9,10)(H,11,12). The zero-order valence-electron chi connectivity index (χ0n) is 6.99. The van der Waals surface area contributed by atoms with Gasteiger partial charge >= 0.3 is 5.97 Å². The van der Waals surface area contributed by atoms with Crippen molar-refractivity contribution >= 4 is 12.0 Å². The van der Waals surface area contributed by atoms with Gasteiger partial charge in [0.25, 0.3) is 6.01 Å². The molecule has 1 saturated carbocycles. The molecule has 0 radical (unpaired) electrons. The van der Waals surface area contributed by atoms with E-state index in [4.69, 9.17) is 15.3 Å². The summed E-state index contributed by atoms with van der Waals surface area (Å²) in [6.45, 7) is 0. The fraction of sp³-hybridized carbons (Fsp3) is 0.500. The summed E-state index contributed by atoms with van der Waals surface area (Å²) in [5.41, 5.74) is 5.80. The van der Waals surface area contributed by atoms with Crippen LogP contribution >= 0.6 is 0 Å². The quantitative estimate of drug-likeness (QED) is 0.717. The summed E-state index contributed by atoms with van der Waals surface area (Å²) in [4.78, 5) is 14.6. The largest absolute Gasteiger partial charge is 0.475 e. The highest BCUT2D eigenvalue weighted by molar-refractivity contribution is 5.86. The first-order valence-electron chi connectivity index (χ1n) is 4.18. The summed E-state index contributed by atoms with van der Waals surface area (Å²) in [5.74, 6) is -0.958. The van der Waals surface area contributed by atoms with E-state index in [1.54, 1.807) is 0 Å². The van der Waals surface area contributed by atoms with E-state index in [2.05, 4.69) is 4.98 Å². The Bertz CT molecular complexity index is 341. The van der Waals surface area contributed by atoms with Crippen molar-refractivity contribution in [2.24, 2.45) is 0 Å². The van der Waals surface area contributed by atoms with Crippen LogP contribution in [-0.4, -0.2) is 16.1 Å². The van der Waals surface area contributed by atoms with E-state index in [1.807, 2.05) is 0 Å². The number of carboxylic acid groups (broad SMARTS) is 1. The Labute approximate surface area is 74.6 Å². The lowest BCUT2D eigenvalue weighted by molar-refractivity contribution is 0.0660. The number of carbonyl (C=O) groups is 1. The molecule has 1 fully saturated rings. The van der Waals surface area contributed by atoms with E-state index in [1.165, 1.54) is 0 Å². The number of anilines is 1. The number of oxazole rings is 1. The number of carboxylic acids is 1. The van der Waals surface area contributed by atoms with E-state index < -0.39 is 5.97 Å². The summed E-state index contributed by atoms with van der Waals surface area (Å²) in [6, 6.07) is -0.0562. The van der Waals surface area contributed by atoms with Gasteiger partial charge in [0, 0.05) is 5.92 Å². The highest BCUT2D eigenvalue weighted by Crippen LogP contribution is 2.37. The Morgan fingerprint density at radius 3 is 2.77 bits per heavy atom. The first kappa shape index (κ1) is 8.10. The lowest BCUT2D eigenvalue weighted by Crippen LogP contribution is -2.13. The van der Waals surface area contributed by atoms with Crippen molar-refractivity contribution in [3.63, 3.8) is 0 Å². The van der Waals surface area contributed by atoms with Crippen LogP contribution in [0.5, 0.6) is 0 Å². The molecular weight excluding hydrogens is 172 g/mol. The van der Waals surface area contributed by atoms with Crippen LogP contribution in [0.1, 0.15) is 41.4 Å². The van der Waals surface area contributed by atoms with Crippen LogP contribution in [0.4, 0.5) is 6.01 Å². The molecule has 0 aromatic carbocycles. The van der Waals surface area contributed by atoms with Gasteiger partial charge in [0.05, 0.1) is 5.69 Å². The SMILES string of the molecule is Nc1nc(C2CCC2)c(C(=O)O)o1. The van der Waals surface area contributed by atoms with Crippen molar-refractivity contribution in [1.82, 2.24) is 4.98 Å². The minimum absolute atomic E-state index is 0.0562. The van der Waals surface area contributed by atoms with Crippen LogP contribution in [0.3, 0.4) is 0 Å².